The Morgan fingerprint density at radius 1 is 1.15 bits per heavy atom. The third-order valence-electron chi connectivity index (χ3n) is 4.96. The molecule has 1 atom stereocenters. The smallest absolute Gasteiger partial charge is 0.276 e. The quantitative estimate of drug-likeness (QED) is 0.513. The van der Waals surface area contributed by atoms with Gasteiger partial charge in [-0.2, -0.15) is 0 Å². The molecule has 148 valence electrons. The van der Waals surface area contributed by atoms with Crippen molar-refractivity contribution in [2.45, 2.75) is 58.3 Å². The van der Waals surface area contributed by atoms with Crippen LogP contribution in [0.1, 0.15) is 63.9 Å². The van der Waals surface area contributed by atoms with Gasteiger partial charge in [0.25, 0.3) is 5.91 Å². The van der Waals surface area contributed by atoms with Crippen molar-refractivity contribution in [1.29, 1.82) is 0 Å². The Labute approximate surface area is 166 Å². The minimum Gasteiger partial charge on any atom is -0.484 e. The summed E-state index contributed by atoms with van der Waals surface area (Å²) >= 11 is 5.05. The molecule has 0 heterocycles. The second kappa shape index (κ2) is 10.9. The van der Waals surface area contributed by atoms with E-state index in [1.807, 2.05) is 24.3 Å². The lowest BCUT2D eigenvalue weighted by Gasteiger charge is -2.21. The van der Waals surface area contributed by atoms with E-state index in [0.717, 1.165) is 32.1 Å². The van der Waals surface area contributed by atoms with Crippen LogP contribution in [-0.4, -0.2) is 23.5 Å². The topological polar surface area (TPSA) is 79.5 Å². The molecule has 0 spiro atoms. The third kappa shape index (κ3) is 7.17. The Kier molecular flexibility index (Phi) is 8.51. The summed E-state index contributed by atoms with van der Waals surface area (Å²) < 4.78 is 5.46. The molecule has 2 rings (SSSR count). The summed E-state index contributed by atoms with van der Waals surface area (Å²) in [4.78, 5) is 23.9. The van der Waals surface area contributed by atoms with E-state index in [1.54, 1.807) is 0 Å². The largest absolute Gasteiger partial charge is 0.484 e. The fraction of sp³-hybridized carbons (Fsp3) is 0.550. The normalized spacial score (nSPS) is 15.5. The summed E-state index contributed by atoms with van der Waals surface area (Å²) in [5, 5.41) is 2.72. The molecule has 3 N–H and O–H groups in total. The third-order valence-corrected chi connectivity index (χ3v) is 5.16. The van der Waals surface area contributed by atoms with Crippen LogP contribution < -0.4 is 20.9 Å². The fourth-order valence-electron chi connectivity index (χ4n) is 3.05. The number of benzene rings is 1. The van der Waals surface area contributed by atoms with Crippen LogP contribution in [0.3, 0.4) is 0 Å². The second-order valence-electron chi connectivity index (χ2n) is 6.99. The average molecular weight is 392 g/mol. The molecule has 1 saturated carbocycles. The number of hydrazine groups is 1. The van der Waals surface area contributed by atoms with E-state index in [9.17, 15) is 9.59 Å². The summed E-state index contributed by atoms with van der Waals surface area (Å²) in [5.41, 5.74) is 6.22. The molecule has 1 fully saturated rings. The summed E-state index contributed by atoms with van der Waals surface area (Å²) in [6, 6.07) is 7.74. The Morgan fingerprint density at radius 2 is 1.81 bits per heavy atom. The maximum atomic E-state index is 12.1. The molecule has 0 unspecified atom stereocenters. The van der Waals surface area contributed by atoms with Crippen molar-refractivity contribution < 1.29 is 14.3 Å². The SMILES string of the molecule is CC[C@H](C)c1ccc(OCC(=O)NNC(=S)NC(=O)C2CCCCC2)cc1. The highest BCUT2D eigenvalue weighted by Crippen LogP contribution is 2.23. The van der Waals surface area contributed by atoms with Gasteiger partial charge in [0.2, 0.25) is 5.91 Å². The molecule has 0 aromatic heterocycles. The fourth-order valence-corrected chi connectivity index (χ4v) is 3.20. The van der Waals surface area contributed by atoms with Crippen LogP contribution in [0.15, 0.2) is 24.3 Å². The summed E-state index contributed by atoms with van der Waals surface area (Å²) in [5.74, 6) is 0.673. The summed E-state index contributed by atoms with van der Waals surface area (Å²) in [7, 11) is 0. The number of rotatable bonds is 6. The molecule has 1 aliphatic carbocycles. The van der Waals surface area contributed by atoms with Crippen molar-refractivity contribution >= 4 is 29.1 Å². The van der Waals surface area contributed by atoms with Crippen LogP contribution in [0, 0.1) is 5.92 Å². The van der Waals surface area contributed by atoms with Gasteiger partial charge in [-0.05, 0) is 55.1 Å². The Bertz CT molecular complexity index is 642. The average Bonchev–Trinajstić information content (AvgIpc) is 2.71. The first-order valence-corrected chi connectivity index (χ1v) is 10.0. The van der Waals surface area contributed by atoms with Crippen molar-refractivity contribution in [3.8, 4) is 5.75 Å². The van der Waals surface area contributed by atoms with Crippen molar-refractivity contribution in [2.75, 3.05) is 6.61 Å². The number of nitrogens with one attached hydrogen (secondary N) is 3. The molecule has 0 saturated heterocycles. The van der Waals surface area contributed by atoms with Crippen molar-refractivity contribution in [3.63, 3.8) is 0 Å². The van der Waals surface area contributed by atoms with Gasteiger partial charge in [0.1, 0.15) is 5.75 Å². The minimum atomic E-state index is -0.379. The van der Waals surface area contributed by atoms with Gasteiger partial charge in [0, 0.05) is 5.92 Å². The second-order valence-corrected chi connectivity index (χ2v) is 7.40. The maximum absolute atomic E-state index is 12.1. The molecule has 1 aromatic carbocycles. The number of carbonyl (C=O) groups excluding carboxylic acids is 2. The van der Waals surface area contributed by atoms with E-state index >= 15 is 0 Å². The first kappa shape index (κ1) is 21.2. The first-order chi connectivity index (χ1) is 13.0. The molecule has 27 heavy (non-hydrogen) atoms. The molecule has 7 heteroatoms. The molecule has 1 aromatic rings. The van der Waals surface area contributed by atoms with Crippen molar-refractivity contribution in [1.82, 2.24) is 16.2 Å². The number of hydrogen-bond donors (Lipinski definition) is 3. The van der Waals surface area contributed by atoms with Gasteiger partial charge in [0.15, 0.2) is 11.7 Å². The van der Waals surface area contributed by atoms with E-state index in [0.29, 0.717) is 11.7 Å². The monoisotopic (exact) mass is 391 g/mol. The van der Waals surface area contributed by atoms with Gasteiger partial charge in [-0.25, -0.2) is 0 Å². The van der Waals surface area contributed by atoms with Gasteiger partial charge in [-0.3, -0.25) is 20.4 Å². The Balaban J connectivity index is 1.66. The van der Waals surface area contributed by atoms with Crippen molar-refractivity contribution in [3.05, 3.63) is 29.8 Å². The summed E-state index contributed by atoms with van der Waals surface area (Å²) in [6.45, 7) is 4.17. The minimum absolute atomic E-state index is 0.0101. The number of carbonyl (C=O) groups is 2. The first-order valence-electron chi connectivity index (χ1n) is 9.62. The van der Waals surface area contributed by atoms with E-state index in [4.69, 9.17) is 17.0 Å². The molecular weight excluding hydrogens is 362 g/mol. The zero-order chi connectivity index (χ0) is 19.6. The van der Waals surface area contributed by atoms with Crippen LogP contribution in [0.5, 0.6) is 5.75 Å². The highest BCUT2D eigenvalue weighted by molar-refractivity contribution is 7.80. The number of hydrogen-bond acceptors (Lipinski definition) is 4. The summed E-state index contributed by atoms with van der Waals surface area (Å²) in [6.07, 6.45) is 6.19. The molecule has 2 amide bonds. The van der Waals surface area contributed by atoms with E-state index in [2.05, 4.69) is 30.0 Å². The van der Waals surface area contributed by atoms with Gasteiger partial charge in [0.05, 0.1) is 0 Å². The molecule has 1 aliphatic rings. The predicted molar refractivity (Wildman–Crippen MR) is 109 cm³/mol. The lowest BCUT2D eigenvalue weighted by Crippen LogP contribution is -2.50. The highest BCUT2D eigenvalue weighted by atomic mass is 32.1. The van der Waals surface area contributed by atoms with Gasteiger partial charge in [-0.1, -0.05) is 45.2 Å². The standard InChI is InChI=1S/C20H29N3O3S/c1-3-14(2)15-9-11-17(12-10-15)26-13-18(24)22-23-20(27)21-19(25)16-7-5-4-6-8-16/h9-12,14,16H,3-8,13H2,1-2H3,(H,22,24)(H2,21,23,25,27)/t14-/m0/s1. The number of thiocarbonyl (C=S) groups is 1. The molecule has 0 bridgehead atoms. The van der Waals surface area contributed by atoms with Crippen LogP contribution in [-0.2, 0) is 9.59 Å². The lowest BCUT2D eigenvalue weighted by molar-refractivity contribution is -0.125. The van der Waals surface area contributed by atoms with Crippen LogP contribution in [0.4, 0.5) is 0 Å². The predicted octanol–water partition coefficient (Wildman–Crippen LogP) is 3.18. The lowest BCUT2D eigenvalue weighted by atomic mass is 9.89. The number of amides is 2. The molecule has 0 radical (unpaired) electrons. The van der Waals surface area contributed by atoms with Gasteiger partial charge >= 0.3 is 0 Å². The van der Waals surface area contributed by atoms with Crippen LogP contribution >= 0.6 is 12.2 Å². The van der Waals surface area contributed by atoms with Gasteiger partial charge in [-0.15, -0.1) is 0 Å². The van der Waals surface area contributed by atoms with Crippen LogP contribution in [0.25, 0.3) is 0 Å². The van der Waals surface area contributed by atoms with E-state index in [-0.39, 0.29) is 29.5 Å². The van der Waals surface area contributed by atoms with E-state index in [1.165, 1.54) is 12.0 Å². The molecular formula is C20H29N3O3S. The van der Waals surface area contributed by atoms with E-state index < -0.39 is 0 Å². The zero-order valence-electron chi connectivity index (χ0n) is 16.0. The Hall–Kier alpha value is -2.15. The molecule has 6 nitrogen and oxygen atoms in total. The Morgan fingerprint density at radius 3 is 2.44 bits per heavy atom. The number of ether oxygens (including phenoxy) is 1. The highest BCUT2D eigenvalue weighted by Gasteiger charge is 2.21. The zero-order valence-corrected chi connectivity index (χ0v) is 16.9. The van der Waals surface area contributed by atoms with Crippen LogP contribution in [0.2, 0.25) is 0 Å². The van der Waals surface area contributed by atoms with Gasteiger partial charge < -0.3 is 10.1 Å². The van der Waals surface area contributed by atoms with Crippen molar-refractivity contribution in [2.24, 2.45) is 5.92 Å². The molecule has 0 aliphatic heterocycles. The maximum Gasteiger partial charge on any atom is 0.276 e.